The third-order valence-corrected chi connectivity index (χ3v) is 3.43. The van der Waals surface area contributed by atoms with Gasteiger partial charge in [0.1, 0.15) is 16.2 Å². The van der Waals surface area contributed by atoms with Gasteiger partial charge in [0.15, 0.2) is 0 Å². The Morgan fingerprint density at radius 1 is 1.56 bits per heavy atom. The molecular weight excluding hydrogens is 270 g/mol. The van der Waals surface area contributed by atoms with Crippen molar-refractivity contribution in [2.75, 3.05) is 18.0 Å². The molecule has 1 saturated heterocycles. The van der Waals surface area contributed by atoms with E-state index in [1.54, 1.807) is 0 Å². The highest BCUT2D eigenvalue weighted by Crippen LogP contribution is 2.25. The highest BCUT2D eigenvalue weighted by atomic mass is 79.9. The smallest absolute Gasteiger partial charge is 0.133 e. The summed E-state index contributed by atoms with van der Waals surface area (Å²) in [5.41, 5.74) is 0. The maximum Gasteiger partial charge on any atom is 0.133 e. The number of aryl methyl sites for hydroxylation is 1. The van der Waals surface area contributed by atoms with Gasteiger partial charge in [-0.15, -0.1) is 0 Å². The van der Waals surface area contributed by atoms with Crippen LogP contribution >= 0.6 is 15.9 Å². The molecule has 4 nitrogen and oxygen atoms in total. The molecule has 0 spiro atoms. The van der Waals surface area contributed by atoms with Crippen molar-refractivity contribution in [2.45, 2.75) is 26.4 Å². The zero-order valence-electron chi connectivity index (χ0n) is 9.52. The molecule has 1 fully saturated rings. The van der Waals surface area contributed by atoms with Crippen LogP contribution in [0, 0.1) is 12.8 Å². The molecule has 2 heterocycles. The molecule has 0 bridgehead atoms. The van der Waals surface area contributed by atoms with Crippen LogP contribution in [0.2, 0.25) is 0 Å². The SMILES string of the molecule is Cc1nc(Br)cc(N2CCC(C(C)O)C2)n1. The van der Waals surface area contributed by atoms with E-state index in [1.807, 2.05) is 19.9 Å². The molecule has 16 heavy (non-hydrogen) atoms. The Bertz CT molecular complexity index is 363. The minimum absolute atomic E-state index is 0.239. The van der Waals surface area contributed by atoms with Crippen molar-refractivity contribution in [3.8, 4) is 0 Å². The average Bonchev–Trinajstić information content (AvgIpc) is 2.64. The number of hydrogen-bond acceptors (Lipinski definition) is 4. The van der Waals surface area contributed by atoms with Crippen molar-refractivity contribution in [3.63, 3.8) is 0 Å². The second-order valence-corrected chi connectivity index (χ2v) is 5.14. The Kier molecular flexibility index (Phi) is 3.44. The minimum atomic E-state index is -0.239. The van der Waals surface area contributed by atoms with Gasteiger partial charge in [-0.25, -0.2) is 9.97 Å². The van der Waals surface area contributed by atoms with Gasteiger partial charge in [-0.1, -0.05) is 0 Å². The minimum Gasteiger partial charge on any atom is -0.393 e. The predicted molar refractivity (Wildman–Crippen MR) is 66.5 cm³/mol. The monoisotopic (exact) mass is 285 g/mol. The van der Waals surface area contributed by atoms with Crippen molar-refractivity contribution in [1.82, 2.24) is 9.97 Å². The fourth-order valence-electron chi connectivity index (χ4n) is 2.07. The van der Waals surface area contributed by atoms with Crippen LogP contribution in [-0.4, -0.2) is 34.3 Å². The van der Waals surface area contributed by atoms with Crippen LogP contribution in [0.3, 0.4) is 0 Å². The molecule has 1 aromatic heterocycles. The lowest BCUT2D eigenvalue weighted by Gasteiger charge is -2.18. The summed E-state index contributed by atoms with van der Waals surface area (Å²) >= 11 is 3.38. The summed E-state index contributed by atoms with van der Waals surface area (Å²) in [7, 11) is 0. The van der Waals surface area contributed by atoms with Gasteiger partial charge in [0, 0.05) is 25.1 Å². The Hall–Kier alpha value is -0.680. The maximum atomic E-state index is 9.56. The van der Waals surface area contributed by atoms with Crippen LogP contribution in [0.1, 0.15) is 19.2 Å². The first kappa shape index (κ1) is 11.8. The van der Waals surface area contributed by atoms with E-state index in [0.717, 1.165) is 35.8 Å². The van der Waals surface area contributed by atoms with Crippen molar-refractivity contribution < 1.29 is 5.11 Å². The summed E-state index contributed by atoms with van der Waals surface area (Å²) in [6.45, 7) is 5.57. The van der Waals surface area contributed by atoms with Crippen LogP contribution in [0.25, 0.3) is 0 Å². The number of aromatic nitrogens is 2. The summed E-state index contributed by atoms with van der Waals surface area (Å²) in [5.74, 6) is 2.07. The van der Waals surface area contributed by atoms with Gasteiger partial charge in [0.05, 0.1) is 6.10 Å². The van der Waals surface area contributed by atoms with Gasteiger partial charge in [-0.05, 0) is 36.2 Å². The number of nitrogens with zero attached hydrogens (tertiary/aromatic N) is 3. The van der Waals surface area contributed by atoms with Crippen LogP contribution in [0.5, 0.6) is 0 Å². The summed E-state index contributed by atoms with van der Waals surface area (Å²) in [6, 6.07) is 1.93. The molecule has 2 atom stereocenters. The lowest BCUT2D eigenvalue weighted by molar-refractivity contribution is 0.136. The van der Waals surface area contributed by atoms with E-state index >= 15 is 0 Å². The number of rotatable bonds is 2. The van der Waals surface area contributed by atoms with E-state index in [9.17, 15) is 5.11 Å². The van der Waals surface area contributed by atoms with Gasteiger partial charge in [0.2, 0.25) is 0 Å². The third kappa shape index (κ3) is 2.52. The maximum absolute atomic E-state index is 9.56. The van der Waals surface area contributed by atoms with Crippen molar-refractivity contribution >= 4 is 21.7 Å². The molecule has 0 radical (unpaired) electrons. The largest absolute Gasteiger partial charge is 0.393 e. The molecular formula is C11H16BrN3O. The molecule has 1 aliphatic rings. The highest BCUT2D eigenvalue weighted by Gasteiger charge is 2.26. The molecule has 2 rings (SSSR count). The summed E-state index contributed by atoms with van der Waals surface area (Å²) < 4.78 is 0.815. The zero-order valence-corrected chi connectivity index (χ0v) is 11.1. The van der Waals surface area contributed by atoms with E-state index in [0.29, 0.717) is 5.92 Å². The standard InChI is InChI=1S/C11H16BrN3O/c1-7(16)9-3-4-15(6-9)11-5-10(12)13-8(2)14-11/h5,7,9,16H,3-4,6H2,1-2H3. The van der Waals surface area contributed by atoms with E-state index in [-0.39, 0.29) is 6.10 Å². The Morgan fingerprint density at radius 3 is 2.88 bits per heavy atom. The van der Waals surface area contributed by atoms with Crippen LogP contribution < -0.4 is 4.90 Å². The first-order valence-electron chi connectivity index (χ1n) is 5.50. The molecule has 1 N–H and O–H groups in total. The zero-order chi connectivity index (χ0) is 11.7. The van der Waals surface area contributed by atoms with Gasteiger partial charge < -0.3 is 10.0 Å². The molecule has 88 valence electrons. The summed E-state index contributed by atoms with van der Waals surface area (Å²) in [5, 5.41) is 9.56. The van der Waals surface area contributed by atoms with Crippen molar-refractivity contribution in [1.29, 1.82) is 0 Å². The topological polar surface area (TPSA) is 49.2 Å². The number of anilines is 1. The van der Waals surface area contributed by atoms with E-state index in [2.05, 4.69) is 30.8 Å². The molecule has 1 aromatic rings. The molecule has 0 aliphatic carbocycles. The Labute approximate surface area is 104 Å². The second-order valence-electron chi connectivity index (χ2n) is 4.33. The fraction of sp³-hybridized carbons (Fsp3) is 0.636. The number of aliphatic hydroxyl groups is 1. The molecule has 0 amide bonds. The molecule has 2 unspecified atom stereocenters. The normalized spacial score (nSPS) is 22.5. The fourth-order valence-corrected chi connectivity index (χ4v) is 2.53. The highest BCUT2D eigenvalue weighted by molar-refractivity contribution is 9.10. The third-order valence-electron chi connectivity index (χ3n) is 3.02. The quantitative estimate of drug-likeness (QED) is 0.842. The van der Waals surface area contributed by atoms with Crippen LogP contribution in [-0.2, 0) is 0 Å². The molecule has 0 saturated carbocycles. The lowest BCUT2D eigenvalue weighted by Crippen LogP contribution is -2.24. The van der Waals surface area contributed by atoms with Crippen LogP contribution in [0.15, 0.2) is 10.7 Å². The van der Waals surface area contributed by atoms with Crippen molar-refractivity contribution in [3.05, 3.63) is 16.5 Å². The van der Waals surface area contributed by atoms with Crippen molar-refractivity contribution in [2.24, 2.45) is 5.92 Å². The van der Waals surface area contributed by atoms with Crippen LogP contribution in [0.4, 0.5) is 5.82 Å². The van der Waals surface area contributed by atoms with Gasteiger partial charge in [0.25, 0.3) is 0 Å². The first-order chi connectivity index (χ1) is 7.56. The summed E-state index contributed by atoms with van der Waals surface area (Å²) in [6.07, 6.45) is 0.787. The molecule has 0 aromatic carbocycles. The lowest BCUT2D eigenvalue weighted by atomic mass is 10.0. The molecule has 5 heteroatoms. The number of halogens is 1. The predicted octanol–water partition coefficient (Wildman–Crippen LogP) is 1.75. The van der Waals surface area contributed by atoms with E-state index in [4.69, 9.17) is 0 Å². The first-order valence-corrected chi connectivity index (χ1v) is 6.30. The average molecular weight is 286 g/mol. The van der Waals surface area contributed by atoms with E-state index in [1.165, 1.54) is 0 Å². The Balaban J connectivity index is 2.14. The van der Waals surface area contributed by atoms with E-state index < -0.39 is 0 Å². The Morgan fingerprint density at radius 2 is 2.31 bits per heavy atom. The second kappa shape index (κ2) is 4.67. The van der Waals surface area contributed by atoms with Gasteiger partial charge in [-0.2, -0.15) is 0 Å². The number of aliphatic hydroxyl groups excluding tert-OH is 1. The summed E-state index contributed by atoms with van der Waals surface area (Å²) in [4.78, 5) is 10.8. The molecule has 1 aliphatic heterocycles. The van der Waals surface area contributed by atoms with Gasteiger partial charge >= 0.3 is 0 Å². The number of hydrogen-bond donors (Lipinski definition) is 1. The van der Waals surface area contributed by atoms with Gasteiger partial charge in [-0.3, -0.25) is 0 Å².